The molecule has 5 nitrogen and oxygen atoms in total. The smallest absolute Gasteiger partial charge is 0.242 e. The summed E-state index contributed by atoms with van der Waals surface area (Å²) in [6.45, 7) is 0. The molecule has 0 radical (unpaired) electrons. The van der Waals surface area contributed by atoms with Crippen LogP contribution in [0.3, 0.4) is 0 Å². The van der Waals surface area contributed by atoms with E-state index in [1.807, 2.05) is 0 Å². The second-order valence-corrected chi connectivity index (χ2v) is 6.97. The van der Waals surface area contributed by atoms with Crippen molar-refractivity contribution in [3.8, 4) is 0 Å². The number of hydrogen-bond acceptors (Lipinski definition) is 4. The van der Waals surface area contributed by atoms with Crippen LogP contribution in [0.4, 0.5) is 11.4 Å². The SMILES string of the molecule is CN(C)S(=O)(=O)c1ccc(N)c(NC2CC=CC2)c1. The van der Waals surface area contributed by atoms with E-state index >= 15 is 0 Å². The summed E-state index contributed by atoms with van der Waals surface area (Å²) >= 11 is 0. The third-order valence-corrected chi connectivity index (χ3v) is 4.98. The molecule has 0 bridgehead atoms. The Hall–Kier alpha value is -1.53. The molecule has 0 heterocycles. The molecule has 0 atom stereocenters. The number of anilines is 2. The summed E-state index contributed by atoms with van der Waals surface area (Å²) in [5.74, 6) is 0. The van der Waals surface area contributed by atoms with E-state index in [0.717, 1.165) is 12.8 Å². The molecule has 1 aromatic carbocycles. The summed E-state index contributed by atoms with van der Waals surface area (Å²) in [5, 5.41) is 3.29. The van der Waals surface area contributed by atoms with Gasteiger partial charge in [-0.15, -0.1) is 0 Å². The highest BCUT2D eigenvalue weighted by molar-refractivity contribution is 7.89. The highest BCUT2D eigenvalue weighted by Crippen LogP contribution is 2.26. The Morgan fingerprint density at radius 2 is 1.89 bits per heavy atom. The quantitative estimate of drug-likeness (QED) is 0.650. The van der Waals surface area contributed by atoms with Crippen molar-refractivity contribution < 1.29 is 8.42 Å². The van der Waals surface area contributed by atoms with Crippen molar-refractivity contribution in [2.75, 3.05) is 25.1 Å². The standard InChI is InChI=1S/C13H19N3O2S/c1-16(2)19(17,18)11-7-8-12(14)13(9-11)15-10-5-3-4-6-10/h3-4,7-10,15H,5-6,14H2,1-2H3. The van der Waals surface area contributed by atoms with E-state index in [1.54, 1.807) is 12.1 Å². The molecule has 0 spiro atoms. The lowest BCUT2D eigenvalue weighted by Gasteiger charge is -2.18. The summed E-state index contributed by atoms with van der Waals surface area (Å²) in [5.41, 5.74) is 7.13. The van der Waals surface area contributed by atoms with Gasteiger partial charge in [-0.25, -0.2) is 12.7 Å². The van der Waals surface area contributed by atoms with Crippen molar-refractivity contribution in [2.24, 2.45) is 0 Å². The van der Waals surface area contributed by atoms with E-state index in [0.29, 0.717) is 17.4 Å². The zero-order chi connectivity index (χ0) is 14.0. The molecule has 0 amide bonds. The minimum Gasteiger partial charge on any atom is -0.397 e. The first-order valence-electron chi connectivity index (χ1n) is 6.15. The summed E-state index contributed by atoms with van der Waals surface area (Å²) < 4.78 is 25.3. The fourth-order valence-electron chi connectivity index (χ4n) is 1.99. The molecule has 6 heteroatoms. The minimum absolute atomic E-state index is 0.250. The van der Waals surface area contributed by atoms with Crippen LogP contribution in [-0.4, -0.2) is 32.9 Å². The Balaban J connectivity index is 2.29. The van der Waals surface area contributed by atoms with Gasteiger partial charge < -0.3 is 11.1 Å². The van der Waals surface area contributed by atoms with Crippen LogP contribution in [0.5, 0.6) is 0 Å². The number of sulfonamides is 1. The predicted octanol–water partition coefficient (Wildman–Crippen LogP) is 1.65. The number of rotatable bonds is 4. The number of nitrogens with one attached hydrogen (secondary N) is 1. The molecule has 1 aromatic rings. The lowest BCUT2D eigenvalue weighted by molar-refractivity contribution is 0.521. The summed E-state index contributed by atoms with van der Waals surface area (Å²) in [7, 11) is -0.400. The van der Waals surface area contributed by atoms with Gasteiger partial charge in [-0.1, -0.05) is 12.2 Å². The number of nitrogens with zero attached hydrogens (tertiary/aromatic N) is 1. The van der Waals surface area contributed by atoms with Crippen molar-refractivity contribution in [2.45, 2.75) is 23.8 Å². The van der Waals surface area contributed by atoms with E-state index in [9.17, 15) is 8.42 Å². The maximum absolute atomic E-state index is 12.1. The molecule has 104 valence electrons. The topological polar surface area (TPSA) is 75.4 Å². The van der Waals surface area contributed by atoms with Crippen molar-refractivity contribution >= 4 is 21.4 Å². The maximum Gasteiger partial charge on any atom is 0.242 e. The molecule has 0 saturated heterocycles. The Kier molecular flexibility index (Phi) is 3.82. The average Bonchev–Trinajstić information content (AvgIpc) is 2.84. The van der Waals surface area contributed by atoms with Crippen LogP contribution in [0.1, 0.15) is 12.8 Å². The molecule has 1 aliphatic carbocycles. The number of hydrogen-bond donors (Lipinski definition) is 2. The monoisotopic (exact) mass is 281 g/mol. The molecular weight excluding hydrogens is 262 g/mol. The first-order valence-corrected chi connectivity index (χ1v) is 7.59. The van der Waals surface area contributed by atoms with Crippen LogP contribution in [0.2, 0.25) is 0 Å². The summed E-state index contributed by atoms with van der Waals surface area (Å²) in [6, 6.07) is 5.05. The Labute approximate surface area is 114 Å². The first kappa shape index (κ1) is 13.9. The van der Waals surface area contributed by atoms with Gasteiger partial charge >= 0.3 is 0 Å². The van der Waals surface area contributed by atoms with Gasteiger partial charge in [-0.3, -0.25) is 0 Å². The fourth-order valence-corrected chi connectivity index (χ4v) is 2.92. The minimum atomic E-state index is -3.43. The van der Waals surface area contributed by atoms with E-state index < -0.39 is 10.0 Å². The van der Waals surface area contributed by atoms with E-state index in [-0.39, 0.29) is 4.90 Å². The summed E-state index contributed by atoms with van der Waals surface area (Å²) in [4.78, 5) is 0.250. The van der Waals surface area contributed by atoms with Gasteiger partial charge in [-0.2, -0.15) is 0 Å². The largest absolute Gasteiger partial charge is 0.397 e. The number of nitrogens with two attached hydrogens (primary N) is 1. The molecule has 19 heavy (non-hydrogen) atoms. The highest BCUT2D eigenvalue weighted by atomic mass is 32.2. The molecule has 0 unspecified atom stereocenters. The lowest BCUT2D eigenvalue weighted by atomic mass is 10.2. The van der Waals surface area contributed by atoms with Crippen LogP contribution in [0, 0.1) is 0 Å². The lowest BCUT2D eigenvalue weighted by Crippen LogP contribution is -2.23. The molecule has 0 aliphatic heterocycles. The van der Waals surface area contributed by atoms with Gasteiger partial charge in [0.1, 0.15) is 0 Å². The second kappa shape index (κ2) is 5.22. The van der Waals surface area contributed by atoms with Crippen LogP contribution in [0.25, 0.3) is 0 Å². The third kappa shape index (κ3) is 2.90. The molecule has 0 aromatic heterocycles. The van der Waals surface area contributed by atoms with Gasteiger partial charge in [0.25, 0.3) is 0 Å². The molecule has 0 saturated carbocycles. The van der Waals surface area contributed by atoms with Gasteiger partial charge in [0.2, 0.25) is 10.0 Å². The van der Waals surface area contributed by atoms with E-state index in [2.05, 4.69) is 17.5 Å². The Bertz CT molecular complexity index is 586. The third-order valence-electron chi connectivity index (χ3n) is 3.17. The predicted molar refractivity (Wildman–Crippen MR) is 77.5 cm³/mol. The zero-order valence-corrected chi connectivity index (χ0v) is 11.9. The summed E-state index contributed by atoms with van der Waals surface area (Å²) in [6.07, 6.45) is 6.08. The van der Waals surface area contributed by atoms with Crippen molar-refractivity contribution in [1.29, 1.82) is 0 Å². The number of benzene rings is 1. The van der Waals surface area contributed by atoms with Gasteiger partial charge in [0, 0.05) is 20.1 Å². The first-order chi connectivity index (χ1) is 8.91. The normalized spacial score (nSPS) is 16.2. The molecule has 0 fully saturated rings. The molecular formula is C13H19N3O2S. The van der Waals surface area contributed by atoms with E-state index in [4.69, 9.17) is 5.73 Å². The second-order valence-electron chi connectivity index (χ2n) is 4.82. The fraction of sp³-hybridized carbons (Fsp3) is 0.385. The van der Waals surface area contributed by atoms with Crippen LogP contribution in [-0.2, 0) is 10.0 Å². The number of nitrogen functional groups attached to an aromatic ring is 1. The van der Waals surface area contributed by atoms with Gasteiger partial charge in [-0.05, 0) is 31.0 Å². The highest BCUT2D eigenvalue weighted by Gasteiger charge is 2.19. The Morgan fingerprint density at radius 1 is 1.26 bits per heavy atom. The van der Waals surface area contributed by atoms with Gasteiger partial charge in [0.15, 0.2) is 0 Å². The van der Waals surface area contributed by atoms with Crippen LogP contribution >= 0.6 is 0 Å². The van der Waals surface area contributed by atoms with Gasteiger partial charge in [0.05, 0.1) is 16.3 Å². The van der Waals surface area contributed by atoms with Crippen molar-refractivity contribution in [1.82, 2.24) is 4.31 Å². The average molecular weight is 281 g/mol. The van der Waals surface area contributed by atoms with Crippen LogP contribution < -0.4 is 11.1 Å². The maximum atomic E-state index is 12.1. The zero-order valence-electron chi connectivity index (χ0n) is 11.1. The van der Waals surface area contributed by atoms with Crippen molar-refractivity contribution in [3.63, 3.8) is 0 Å². The molecule has 1 aliphatic rings. The molecule has 3 N–H and O–H groups in total. The van der Waals surface area contributed by atoms with Crippen LogP contribution in [0.15, 0.2) is 35.2 Å². The molecule has 2 rings (SSSR count). The van der Waals surface area contributed by atoms with E-state index in [1.165, 1.54) is 24.5 Å². The Morgan fingerprint density at radius 3 is 2.47 bits per heavy atom. The van der Waals surface area contributed by atoms with Crippen molar-refractivity contribution in [3.05, 3.63) is 30.4 Å².